The van der Waals surface area contributed by atoms with Crippen LogP contribution in [0, 0.1) is 10.1 Å². The van der Waals surface area contributed by atoms with Gasteiger partial charge in [-0.3, -0.25) is 14.9 Å². The summed E-state index contributed by atoms with van der Waals surface area (Å²) in [4.78, 5) is 21.2. The Morgan fingerprint density at radius 2 is 1.80 bits per heavy atom. The molecule has 0 aliphatic heterocycles. The van der Waals surface area contributed by atoms with Gasteiger partial charge in [0.25, 0.3) is 0 Å². The number of carbonyl (C=O) groups excluding carboxylic acids is 1. The Balaban J connectivity index is 2.33. The predicted octanol–water partition coefficient (Wildman–Crippen LogP) is 2.25. The first-order chi connectivity index (χ1) is 11.7. The number of nitro benzene ring substituents is 1. The van der Waals surface area contributed by atoms with Crippen LogP contribution in [0.1, 0.15) is 6.92 Å². The molecule has 10 heteroatoms. The SMILES string of the molecule is CNS(=O)(=O)c1ccc(Oc2ccc(NC(C)=O)cc2)c([N+](=O)[O-])c1. The standard InChI is InChI=1S/C15H15N3O6S/c1-10(19)17-11-3-5-12(6-4-11)24-15-8-7-13(25(22,23)16-2)9-14(15)18(20)21/h3-9,16H,1-2H3,(H,17,19). The van der Waals surface area contributed by atoms with Gasteiger partial charge in [-0.05, 0) is 43.4 Å². The van der Waals surface area contributed by atoms with E-state index in [1.165, 1.54) is 38.2 Å². The first-order valence-corrected chi connectivity index (χ1v) is 8.49. The van der Waals surface area contributed by atoms with E-state index in [1.54, 1.807) is 12.1 Å². The highest BCUT2D eigenvalue weighted by molar-refractivity contribution is 7.89. The molecular weight excluding hydrogens is 350 g/mol. The molecule has 0 aliphatic carbocycles. The smallest absolute Gasteiger partial charge is 0.312 e. The maximum atomic E-state index is 11.8. The maximum absolute atomic E-state index is 11.8. The normalized spacial score (nSPS) is 11.0. The van der Waals surface area contributed by atoms with E-state index in [0.29, 0.717) is 11.4 Å². The number of anilines is 1. The predicted molar refractivity (Wildman–Crippen MR) is 90.2 cm³/mol. The number of rotatable bonds is 6. The van der Waals surface area contributed by atoms with Gasteiger partial charge in [0, 0.05) is 18.7 Å². The second-order valence-corrected chi connectivity index (χ2v) is 6.79. The summed E-state index contributed by atoms with van der Waals surface area (Å²) in [6.45, 7) is 1.37. The van der Waals surface area contributed by atoms with Crippen molar-refractivity contribution in [3.05, 3.63) is 52.6 Å². The van der Waals surface area contributed by atoms with Gasteiger partial charge in [-0.25, -0.2) is 13.1 Å². The highest BCUT2D eigenvalue weighted by atomic mass is 32.2. The lowest BCUT2D eigenvalue weighted by atomic mass is 10.2. The molecule has 0 saturated carbocycles. The summed E-state index contributed by atoms with van der Waals surface area (Å²) in [7, 11) is -2.60. The second-order valence-electron chi connectivity index (χ2n) is 4.90. The molecule has 0 radical (unpaired) electrons. The van der Waals surface area contributed by atoms with Crippen LogP contribution < -0.4 is 14.8 Å². The molecule has 0 heterocycles. The van der Waals surface area contributed by atoms with Gasteiger partial charge in [-0.15, -0.1) is 0 Å². The molecule has 0 unspecified atom stereocenters. The van der Waals surface area contributed by atoms with Crippen LogP contribution in [0.4, 0.5) is 11.4 Å². The van der Waals surface area contributed by atoms with Crippen LogP contribution in [0.25, 0.3) is 0 Å². The van der Waals surface area contributed by atoms with Crippen LogP contribution in [-0.4, -0.2) is 26.3 Å². The third kappa shape index (κ3) is 4.52. The van der Waals surface area contributed by atoms with Crippen molar-refractivity contribution >= 4 is 27.3 Å². The first-order valence-electron chi connectivity index (χ1n) is 7.00. The van der Waals surface area contributed by atoms with Crippen LogP contribution in [-0.2, 0) is 14.8 Å². The molecule has 2 N–H and O–H groups in total. The highest BCUT2D eigenvalue weighted by Crippen LogP contribution is 2.33. The minimum absolute atomic E-state index is 0.104. The van der Waals surface area contributed by atoms with Crippen molar-refractivity contribution < 1.29 is 22.9 Å². The molecule has 2 aromatic rings. The van der Waals surface area contributed by atoms with Crippen LogP contribution in [0.3, 0.4) is 0 Å². The minimum Gasteiger partial charge on any atom is -0.450 e. The fourth-order valence-electron chi connectivity index (χ4n) is 1.95. The van der Waals surface area contributed by atoms with E-state index < -0.39 is 20.6 Å². The van der Waals surface area contributed by atoms with E-state index in [9.17, 15) is 23.3 Å². The van der Waals surface area contributed by atoms with Crippen molar-refractivity contribution in [2.75, 3.05) is 12.4 Å². The van der Waals surface area contributed by atoms with E-state index in [4.69, 9.17) is 4.74 Å². The molecule has 0 saturated heterocycles. The zero-order valence-corrected chi connectivity index (χ0v) is 14.2. The molecule has 25 heavy (non-hydrogen) atoms. The molecule has 0 bridgehead atoms. The van der Waals surface area contributed by atoms with Gasteiger partial charge in [-0.1, -0.05) is 0 Å². The number of hydrogen-bond acceptors (Lipinski definition) is 6. The van der Waals surface area contributed by atoms with Gasteiger partial charge in [0.2, 0.25) is 21.7 Å². The third-order valence-electron chi connectivity index (χ3n) is 3.11. The summed E-state index contributed by atoms with van der Waals surface area (Å²) < 4.78 is 31.1. The summed E-state index contributed by atoms with van der Waals surface area (Å²) in [6, 6.07) is 9.53. The highest BCUT2D eigenvalue weighted by Gasteiger charge is 2.21. The lowest BCUT2D eigenvalue weighted by Crippen LogP contribution is -2.18. The van der Waals surface area contributed by atoms with Crippen molar-refractivity contribution in [3.8, 4) is 11.5 Å². The van der Waals surface area contributed by atoms with E-state index in [0.717, 1.165) is 6.07 Å². The Labute approximate surface area is 143 Å². The number of hydrogen-bond donors (Lipinski definition) is 2. The Morgan fingerprint density at radius 3 is 2.32 bits per heavy atom. The fraction of sp³-hybridized carbons (Fsp3) is 0.133. The minimum atomic E-state index is -3.81. The Bertz CT molecular complexity index is 909. The van der Waals surface area contributed by atoms with Gasteiger partial charge in [-0.2, -0.15) is 0 Å². The summed E-state index contributed by atoms with van der Waals surface area (Å²) in [5.74, 6) is -0.0422. The Hall–Kier alpha value is -2.98. The molecule has 9 nitrogen and oxygen atoms in total. The molecule has 1 amide bonds. The fourth-order valence-corrected chi connectivity index (χ4v) is 2.70. The average Bonchev–Trinajstić information content (AvgIpc) is 2.56. The topological polar surface area (TPSA) is 128 Å². The van der Waals surface area contributed by atoms with Gasteiger partial charge in [0.05, 0.1) is 9.82 Å². The van der Waals surface area contributed by atoms with Crippen molar-refractivity contribution in [3.63, 3.8) is 0 Å². The van der Waals surface area contributed by atoms with Crippen molar-refractivity contribution in [1.29, 1.82) is 0 Å². The van der Waals surface area contributed by atoms with Crippen molar-refractivity contribution in [2.24, 2.45) is 0 Å². The summed E-state index contributed by atoms with van der Waals surface area (Å²) in [5.41, 5.74) is 0.0621. The monoisotopic (exact) mass is 365 g/mol. The molecule has 132 valence electrons. The van der Waals surface area contributed by atoms with Crippen LogP contribution in [0.5, 0.6) is 11.5 Å². The van der Waals surface area contributed by atoms with E-state index in [-0.39, 0.29) is 16.6 Å². The molecule has 0 aromatic heterocycles. The number of ether oxygens (including phenoxy) is 1. The largest absolute Gasteiger partial charge is 0.450 e. The van der Waals surface area contributed by atoms with Crippen LogP contribution >= 0.6 is 0 Å². The van der Waals surface area contributed by atoms with E-state index in [2.05, 4.69) is 10.0 Å². The van der Waals surface area contributed by atoms with Crippen molar-refractivity contribution in [2.45, 2.75) is 11.8 Å². The van der Waals surface area contributed by atoms with Gasteiger partial charge >= 0.3 is 5.69 Å². The van der Waals surface area contributed by atoms with Crippen LogP contribution in [0.2, 0.25) is 0 Å². The third-order valence-corrected chi connectivity index (χ3v) is 4.52. The number of carbonyl (C=O) groups is 1. The number of nitro groups is 1. The van der Waals surface area contributed by atoms with Gasteiger partial charge in [0.15, 0.2) is 0 Å². The number of nitrogens with zero attached hydrogens (tertiary/aromatic N) is 1. The molecule has 2 rings (SSSR count). The number of sulfonamides is 1. The molecular formula is C15H15N3O6S. The lowest BCUT2D eigenvalue weighted by molar-refractivity contribution is -0.385. The first kappa shape index (κ1) is 18.4. The number of amides is 1. The second kappa shape index (κ2) is 7.28. The molecule has 0 aliphatic rings. The maximum Gasteiger partial charge on any atom is 0.312 e. The number of benzene rings is 2. The zero-order chi connectivity index (χ0) is 18.6. The molecule has 0 spiro atoms. The lowest BCUT2D eigenvalue weighted by Gasteiger charge is -2.09. The quantitative estimate of drug-likeness (QED) is 0.597. The summed E-state index contributed by atoms with van der Waals surface area (Å²) >= 11 is 0. The van der Waals surface area contributed by atoms with Crippen LogP contribution in [0.15, 0.2) is 47.4 Å². The summed E-state index contributed by atoms with van der Waals surface area (Å²) in [6.07, 6.45) is 0. The zero-order valence-electron chi connectivity index (χ0n) is 13.3. The molecule has 0 fully saturated rings. The number of nitrogens with one attached hydrogen (secondary N) is 2. The van der Waals surface area contributed by atoms with Crippen molar-refractivity contribution in [1.82, 2.24) is 4.72 Å². The Kier molecular flexibility index (Phi) is 5.35. The molecule has 2 aromatic carbocycles. The van der Waals surface area contributed by atoms with E-state index >= 15 is 0 Å². The average molecular weight is 365 g/mol. The van der Waals surface area contributed by atoms with Gasteiger partial charge < -0.3 is 10.1 Å². The van der Waals surface area contributed by atoms with E-state index in [1.807, 2.05) is 0 Å². The van der Waals surface area contributed by atoms with Gasteiger partial charge in [0.1, 0.15) is 5.75 Å². The molecule has 0 atom stereocenters. The summed E-state index contributed by atoms with van der Waals surface area (Å²) in [5, 5.41) is 13.8. The Morgan fingerprint density at radius 1 is 1.16 bits per heavy atom.